The molecule has 0 aliphatic heterocycles. The van der Waals surface area contributed by atoms with Crippen LogP contribution in [0.4, 0.5) is 0 Å². The Balaban J connectivity index is 4.47. The van der Waals surface area contributed by atoms with Crippen LogP contribution in [0.3, 0.4) is 0 Å². The van der Waals surface area contributed by atoms with Gasteiger partial charge in [-0.2, -0.15) is 5.26 Å². The Labute approximate surface area is 87.9 Å². The van der Waals surface area contributed by atoms with Crippen LogP contribution in [0.15, 0.2) is 0 Å². The third-order valence-corrected chi connectivity index (χ3v) is 2.80. The van der Waals surface area contributed by atoms with Crippen molar-refractivity contribution in [3.05, 3.63) is 0 Å². The van der Waals surface area contributed by atoms with Gasteiger partial charge in [0.25, 0.3) is 0 Å². The zero-order valence-corrected chi connectivity index (χ0v) is 10.0. The Hall–Kier alpha value is -0.590. The Morgan fingerprint density at radius 3 is 2.21 bits per heavy atom. The lowest BCUT2D eigenvalue weighted by atomic mass is 9.85. The van der Waals surface area contributed by atoms with Crippen LogP contribution in [0.1, 0.15) is 34.1 Å². The quantitative estimate of drug-likeness (QED) is 0.744. The second-order valence-electron chi connectivity index (χ2n) is 4.99. The van der Waals surface area contributed by atoms with Crippen molar-refractivity contribution in [2.24, 2.45) is 11.1 Å². The van der Waals surface area contributed by atoms with Gasteiger partial charge in [-0.05, 0) is 19.4 Å². The number of likely N-dealkylation sites (N-methyl/N-ethyl adjacent to an activating group) is 1. The first-order valence-corrected chi connectivity index (χ1v) is 5.13. The van der Waals surface area contributed by atoms with Gasteiger partial charge in [-0.1, -0.05) is 20.8 Å². The molecule has 2 N–H and O–H groups in total. The molecule has 0 aliphatic carbocycles. The lowest BCUT2D eigenvalue weighted by Gasteiger charge is -2.40. The zero-order valence-electron chi connectivity index (χ0n) is 10.0. The van der Waals surface area contributed by atoms with Crippen LogP contribution >= 0.6 is 0 Å². The average Bonchev–Trinajstić information content (AvgIpc) is 2.03. The number of rotatable bonds is 4. The lowest BCUT2D eigenvalue weighted by molar-refractivity contribution is 0.0983. The Bertz CT molecular complexity index is 200. The smallest absolute Gasteiger partial charge is 0.0638 e. The summed E-state index contributed by atoms with van der Waals surface area (Å²) in [6.07, 6.45) is 0.559. The van der Waals surface area contributed by atoms with Crippen molar-refractivity contribution in [3.63, 3.8) is 0 Å². The fourth-order valence-corrected chi connectivity index (χ4v) is 1.71. The lowest BCUT2D eigenvalue weighted by Crippen LogP contribution is -2.50. The molecular formula is C11H23N3. The summed E-state index contributed by atoms with van der Waals surface area (Å²) >= 11 is 0. The van der Waals surface area contributed by atoms with Crippen molar-refractivity contribution >= 4 is 0 Å². The predicted molar refractivity (Wildman–Crippen MR) is 59.8 cm³/mol. The van der Waals surface area contributed by atoms with E-state index >= 15 is 0 Å². The molecular weight excluding hydrogens is 174 g/mol. The van der Waals surface area contributed by atoms with E-state index in [1.807, 2.05) is 7.05 Å². The van der Waals surface area contributed by atoms with Crippen molar-refractivity contribution < 1.29 is 0 Å². The van der Waals surface area contributed by atoms with Gasteiger partial charge in [0.2, 0.25) is 0 Å². The molecule has 0 fully saturated rings. The summed E-state index contributed by atoms with van der Waals surface area (Å²) in [6.45, 7) is 9.24. The third-order valence-electron chi connectivity index (χ3n) is 2.80. The van der Waals surface area contributed by atoms with Crippen LogP contribution < -0.4 is 5.73 Å². The van der Waals surface area contributed by atoms with Gasteiger partial charge in [-0.25, -0.2) is 0 Å². The van der Waals surface area contributed by atoms with E-state index in [2.05, 4.69) is 38.7 Å². The van der Waals surface area contributed by atoms with Crippen LogP contribution in [0.25, 0.3) is 0 Å². The maximum absolute atomic E-state index is 8.63. The molecule has 2 unspecified atom stereocenters. The molecule has 0 heterocycles. The number of nitriles is 1. The van der Waals surface area contributed by atoms with E-state index in [0.29, 0.717) is 19.0 Å². The van der Waals surface area contributed by atoms with E-state index in [1.165, 1.54) is 0 Å². The Morgan fingerprint density at radius 2 is 1.93 bits per heavy atom. The topological polar surface area (TPSA) is 53.0 Å². The molecule has 2 atom stereocenters. The van der Waals surface area contributed by atoms with Gasteiger partial charge < -0.3 is 5.73 Å². The first kappa shape index (κ1) is 13.4. The fourth-order valence-electron chi connectivity index (χ4n) is 1.71. The van der Waals surface area contributed by atoms with Gasteiger partial charge in [0.1, 0.15) is 0 Å². The molecule has 0 aromatic heterocycles. The molecule has 0 saturated carbocycles. The van der Waals surface area contributed by atoms with E-state index < -0.39 is 0 Å². The summed E-state index contributed by atoms with van der Waals surface area (Å²) < 4.78 is 0. The highest BCUT2D eigenvalue weighted by Gasteiger charge is 2.29. The van der Waals surface area contributed by atoms with Crippen LogP contribution in [0.5, 0.6) is 0 Å². The summed E-state index contributed by atoms with van der Waals surface area (Å²) in [5.74, 6) is 0. The fraction of sp³-hybridized carbons (Fsp3) is 0.909. The zero-order chi connectivity index (χ0) is 11.4. The normalized spacial score (nSPS) is 16.4. The number of hydrogen-bond acceptors (Lipinski definition) is 3. The summed E-state index contributed by atoms with van der Waals surface area (Å²) in [5.41, 5.74) is 5.93. The van der Waals surface area contributed by atoms with Gasteiger partial charge in [0.15, 0.2) is 0 Å². The summed E-state index contributed by atoms with van der Waals surface area (Å²) in [5, 5.41) is 8.63. The molecule has 0 amide bonds. The highest BCUT2D eigenvalue weighted by atomic mass is 15.2. The second kappa shape index (κ2) is 5.33. The van der Waals surface area contributed by atoms with Crippen LogP contribution in [-0.2, 0) is 0 Å². The maximum Gasteiger partial charge on any atom is 0.0638 e. The van der Waals surface area contributed by atoms with Crippen molar-refractivity contribution in [1.29, 1.82) is 5.26 Å². The van der Waals surface area contributed by atoms with Gasteiger partial charge in [0.05, 0.1) is 12.5 Å². The number of hydrogen-bond donors (Lipinski definition) is 1. The number of nitrogens with two attached hydrogens (primary N) is 1. The van der Waals surface area contributed by atoms with Crippen LogP contribution in [0.2, 0.25) is 0 Å². The average molecular weight is 197 g/mol. The monoisotopic (exact) mass is 197 g/mol. The SMILES string of the molecule is CC(CC#N)N(C)C(CN)C(C)(C)C. The van der Waals surface area contributed by atoms with E-state index in [-0.39, 0.29) is 11.5 Å². The molecule has 0 rings (SSSR count). The minimum Gasteiger partial charge on any atom is -0.329 e. The molecule has 3 nitrogen and oxygen atoms in total. The summed E-state index contributed by atoms with van der Waals surface area (Å²) in [4.78, 5) is 2.21. The van der Waals surface area contributed by atoms with Gasteiger partial charge in [-0.15, -0.1) is 0 Å². The first-order chi connectivity index (χ1) is 6.34. The van der Waals surface area contributed by atoms with Gasteiger partial charge in [-0.3, -0.25) is 4.90 Å². The number of nitrogens with zero attached hydrogens (tertiary/aromatic N) is 2. The highest BCUT2D eigenvalue weighted by Crippen LogP contribution is 2.24. The molecule has 0 radical (unpaired) electrons. The third kappa shape index (κ3) is 3.65. The van der Waals surface area contributed by atoms with Gasteiger partial charge in [0, 0.05) is 18.6 Å². The summed E-state index contributed by atoms with van der Waals surface area (Å²) in [7, 11) is 2.05. The predicted octanol–water partition coefficient (Wildman–Crippen LogP) is 1.59. The molecule has 3 heteroatoms. The molecule has 0 aliphatic rings. The van der Waals surface area contributed by atoms with Crippen LogP contribution in [-0.4, -0.2) is 30.6 Å². The van der Waals surface area contributed by atoms with Crippen molar-refractivity contribution in [2.75, 3.05) is 13.6 Å². The Kier molecular flexibility index (Phi) is 5.11. The van der Waals surface area contributed by atoms with Crippen molar-refractivity contribution in [1.82, 2.24) is 4.90 Å². The van der Waals surface area contributed by atoms with Crippen molar-refractivity contribution in [2.45, 2.75) is 46.2 Å². The largest absolute Gasteiger partial charge is 0.329 e. The minimum absolute atomic E-state index is 0.160. The maximum atomic E-state index is 8.63. The standard InChI is InChI=1S/C11H23N3/c1-9(6-7-12)14(5)10(8-13)11(2,3)4/h9-10H,6,8,13H2,1-5H3. The molecule has 0 bridgehead atoms. The molecule has 14 heavy (non-hydrogen) atoms. The molecule has 82 valence electrons. The molecule has 0 aromatic rings. The summed E-state index contributed by atoms with van der Waals surface area (Å²) in [6, 6.07) is 2.79. The minimum atomic E-state index is 0.160. The van der Waals surface area contributed by atoms with E-state index in [0.717, 1.165) is 0 Å². The second-order valence-corrected chi connectivity index (χ2v) is 4.99. The van der Waals surface area contributed by atoms with Gasteiger partial charge >= 0.3 is 0 Å². The van der Waals surface area contributed by atoms with E-state index in [9.17, 15) is 0 Å². The van der Waals surface area contributed by atoms with Crippen molar-refractivity contribution in [3.8, 4) is 6.07 Å². The Morgan fingerprint density at radius 1 is 1.43 bits per heavy atom. The van der Waals surface area contributed by atoms with Crippen LogP contribution in [0, 0.1) is 16.7 Å². The molecule has 0 saturated heterocycles. The first-order valence-electron chi connectivity index (χ1n) is 5.13. The molecule has 0 spiro atoms. The molecule has 0 aromatic carbocycles. The highest BCUT2D eigenvalue weighted by molar-refractivity contribution is 4.87. The van der Waals surface area contributed by atoms with E-state index in [1.54, 1.807) is 0 Å². The van der Waals surface area contributed by atoms with E-state index in [4.69, 9.17) is 11.0 Å².